The van der Waals surface area contributed by atoms with Crippen LogP contribution < -0.4 is 0 Å². The maximum Gasteiger partial charge on any atom is 0.356 e. The third kappa shape index (κ3) is 4.34. The van der Waals surface area contributed by atoms with Crippen molar-refractivity contribution < 1.29 is 9.90 Å². The molecule has 0 atom stereocenters. The fraction of sp³-hybridized carbons (Fsp3) is 0.200. The maximum absolute atomic E-state index is 11.7. The number of hydrogen-bond acceptors (Lipinski definition) is 2. The lowest BCUT2D eigenvalue weighted by molar-refractivity contribution is 0.0689. The van der Waals surface area contributed by atoms with Gasteiger partial charge in [0.15, 0.2) is 5.69 Å². The van der Waals surface area contributed by atoms with Gasteiger partial charge < -0.3 is 5.11 Å². The minimum absolute atomic E-state index is 0.0975. The molecule has 1 heterocycles. The van der Waals surface area contributed by atoms with E-state index in [0.717, 1.165) is 35.8 Å². The number of hydrogen-bond donors (Lipinski definition) is 1. The van der Waals surface area contributed by atoms with E-state index in [2.05, 4.69) is 97.1 Å². The number of carbonyl (C=O) groups is 1. The normalized spacial score (nSPS) is 11.0. The predicted octanol–water partition coefficient (Wildman–Crippen LogP) is 6.35. The van der Waals surface area contributed by atoms with Crippen molar-refractivity contribution in [1.82, 2.24) is 9.78 Å². The van der Waals surface area contributed by atoms with Gasteiger partial charge in [-0.05, 0) is 29.7 Å². The van der Waals surface area contributed by atoms with Crippen LogP contribution in [-0.2, 0) is 13.3 Å². The second kappa shape index (κ2) is 9.21. The summed E-state index contributed by atoms with van der Waals surface area (Å²) in [4.78, 5) is 11.7. The molecule has 0 aliphatic rings. The van der Waals surface area contributed by atoms with Gasteiger partial charge in [0.25, 0.3) is 0 Å². The van der Waals surface area contributed by atoms with E-state index in [1.807, 2.05) is 25.1 Å². The van der Waals surface area contributed by atoms with Crippen LogP contribution in [0, 0.1) is 6.92 Å². The molecular weight excluding hydrogens is 681 g/mol. The molecule has 1 N–H and O–H groups in total. The zero-order chi connectivity index (χ0) is 19.6. The molecule has 0 amide bonds. The Bertz CT molecular complexity index is 982. The molecule has 0 bridgehead atoms. The van der Waals surface area contributed by atoms with Gasteiger partial charge in [-0.2, -0.15) is 5.10 Å². The number of halogens is 3. The van der Waals surface area contributed by atoms with Crippen molar-refractivity contribution in [3.05, 3.63) is 70.4 Å². The summed E-state index contributed by atoms with van der Waals surface area (Å²) in [6.07, 6.45) is 0. The Morgan fingerprint density at radius 2 is 1.63 bits per heavy atom. The lowest BCUT2D eigenvalue weighted by Gasteiger charge is -2.13. The molecule has 0 saturated carbocycles. The predicted molar refractivity (Wildman–Crippen MR) is 134 cm³/mol. The molecule has 1 aromatic heterocycles. The number of carboxylic acid groups (broad SMARTS) is 1. The van der Waals surface area contributed by atoms with Crippen LogP contribution in [0.2, 0.25) is 0 Å². The molecule has 0 aliphatic carbocycles. The van der Waals surface area contributed by atoms with Crippen molar-refractivity contribution in [1.29, 1.82) is 0 Å². The van der Waals surface area contributed by atoms with Crippen LogP contribution in [0.3, 0.4) is 0 Å². The fourth-order valence-electron chi connectivity index (χ4n) is 3.00. The average molecular weight is 698 g/mol. The second-order valence-electron chi connectivity index (χ2n) is 6.10. The first-order valence-electron chi connectivity index (χ1n) is 8.22. The minimum atomic E-state index is -1.00. The Morgan fingerprint density at radius 3 is 2.19 bits per heavy atom. The van der Waals surface area contributed by atoms with Gasteiger partial charge in [0.2, 0.25) is 0 Å². The largest absolute Gasteiger partial charge is 0.476 e. The molecular formula is C20H17I3N2O2. The highest BCUT2D eigenvalue weighted by Crippen LogP contribution is 2.31. The van der Waals surface area contributed by atoms with E-state index in [1.54, 1.807) is 4.68 Å². The molecule has 3 rings (SSSR count). The summed E-state index contributed by atoms with van der Waals surface area (Å²) in [6.45, 7) is 1.83. The Balaban J connectivity index is 2.26. The van der Waals surface area contributed by atoms with Gasteiger partial charge in [0.05, 0.1) is 11.4 Å². The molecule has 27 heavy (non-hydrogen) atoms. The van der Waals surface area contributed by atoms with Gasteiger partial charge in [-0.25, -0.2) is 9.48 Å². The van der Waals surface area contributed by atoms with Gasteiger partial charge in [0, 0.05) is 24.4 Å². The van der Waals surface area contributed by atoms with Crippen molar-refractivity contribution >= 4 is 73.7 Å². The summed E-state index contributed by atoms with van der Waals surface area (Å²) in [7, 11) is 0. The molecule has 7 heteroatoms. The first-order chi connectivity index (χ1) is 13.0. The standard InChI is InChI=1S/C20H17I3N2O2/c1-12-18(20(26)27)24-25(17-7-4-14(10-22)8-16(17)11-23)19(12)15-5-2-13(9-21)3-6-15/h2-8H,9-11H2,1H3,(H,26,27). The SMILES string of the molecule is Cc1c(C(=O)O)nn(-c2ccc(CI)cc2CI)c1-c1ccc(CI)cc1. The number of alkyl halides is 3. The number of nitrogens with zero attached hydrogens (tertiary/aromatic N) is 2. The van der Waals surface area contributed by atoms with Gasteiger partial charge in [-0.3, -0.25) is 0 Å². The van der Waals surface area contributed by atoms with E-state index in [-0.39, 0.29) is 5.69 Å². The topological polar surface area (TPSA) is 55.1 Å². The summed E-state index contributed by atoms with van der Waals surface area (Å²) in [6, 6.07) is 14.6. The van der Waals surface area contributed by atoms with Crippen LogP contribution in [-0.4, -0.2) is 20.9 Å². The van der Waals surface area contributed by atoms with Crippen LogP contribution >= 0.6 is 67.8 Å². The molecule has 0 spiro atoms. The van der Waals surface area contributed by atoms with E-state index >= 15 is 0 Å². The monoisotopic (exact) mass is 698 g/mol. The number of aromatic nitrogens is 2. The van der Waals surface area contributed by atoms with E-state index in [0.29, 0.717) is 5.56 Å². The summed E-state index contributed by atoms with van der Waals surface area (Å²) in [5, 5.41) is 14.1. The molecule has 2 aromatic carbocycles. The number of carboxylic acids is 1. The zero-order valence-electron chi connectivity index (χ0n) is 14.5. The Labute approximate surface area is 199 Å². The summed E-state index contributed by atoms with van der Waals surface area (Å²) in [5.41, 5.74) is 7.15. The Morgan fingerprint density at radius 1 is 1.00 bits per heavy atom. The molecule has 4 nitrogen and oxygen atoms in total. The molecule has 0 unspecified atom stereocenters. The van der Waals surface area contributed by atoms with Crippen LogP contribution in [0.5, 0.6) is 0 Å². The quantitative estimate of drug-likeness (QED) is 0.242. The lowest BCUT2D eigenvalue weighted by Crippen LogP contribution is -2.05. The van der Waals surface area contributed by atoms with E-state index in [4.69, 9.17) is 0 Å². The molecule has 0 fully saturated rings. The molecule has 0 aliphatic heterocycles. The first kappa shape index (κ1) is 21.0. The van der Waals surface area contributed by atoms with Gasteiger partial charge in [0.1, 0.15) is 0 Å². The van der Waals surface area contributed by atoms with Crippen LogP contribution in [0.1, 0.15) is 32.7 Å². The minimum Gasteiger partial charge on any atom is -0.476 e. The summed E-state index contributed by atoms with van der Waals surface area (Å²) in [5.74, 6) is -1.00. The van der Waals surface area contributed by atoms with Crippen LogP contribution in [0.4, 0.5) is 0 Å². The van der Waals surface area contributed by atoms with E-state index in [1.165, 1.54) is 11.1 Å². The molecule has 3 aromatic rings. The smallest absolute Gasteiger partial charge is 0.356 e. The van der Waals surface area contributed by atoms with Crippen LogP contribution in [0.15, 0.2) is 42.5 Å². The first-order valence-corrected chi connectivity index (χ1v) is 12.8. The third-order valence-electron chi connectivity index (χ3n) is 4.38. The van der Waals surface area contributed by atoms with Crippen LogP contribution in [0.25, 0.3) is 16.9 Å². The number of aromatic carboxylic acids is 1. The van der Waals surface area contributed by atoms with Crippen molar-refractivity contribution in [2.45, 2.75) is 20.2 Å². The highest BCUT2D eigenvalue weighted by Gasteiger charge is 2.22. The summed E-state index contributed by atoms with van der Waals surface area (Å²) >= 11 is 7.03. The maximum atomic E-state index is 11.7. The molecule has 140 valence electrons. The number of rotatable bonds is 6. The fourth-order valence-corrected chi connectivity index (χ4v) is 4.59. The van der Waals surface area contributed by atoms with Crippen molar-refractivity contribution in [2.75, 3.05) is 0 Å². The lowest BCUT2D eigenvalue weighted by atomic mass is 10.0. The Hall–Kier alpha value is -0.690. The van der Waals surface area contributed by atoms with Gasteiger partial charge >= 0.3 is 5.97 Å². The van der Waals surface area contributed by atoms with E-state index < -0.39 is 5.97 Å². The summed E-state index contributed by atoms with van der Waals surface area (Å²) < 4.78 is 4.49. The van der Waals surface area contributed by atoms with Crippen molar-refractivity contribution in [2.24, 2.45) is 0 Å². The Kier molecular flexibility index (Phi) is 7.17. The van der Waals surface area contributed by atoms with Crippen molar-refractivity contribution in [3.8, 4) is 16.9 Å². The highest BCUT2D eigenvalue weighted by atomic mass is 127. The van der Waals surface area contributed by atoms with Gasteiger partial charge in [-0.15, -0.1) is 0 Å². The molecule has 0 radical (unpaired) electrons. The zero-order valence-corrected chi connectivity index (χ0v) is 21.0. The molecule has 0 saturated heterocycles. The average Bonchev–Trinajstić information content (AvgIpc) is 3.04. The van der Waals surface area contributed by atoms with E-state index in [9.17, 15) is 9.90 Å². The third-order valence-corrected chi connectivity index (χ3v) is 6.96. The number of benzene rings is 2. The van der Waals surface area contributed by atoms with Gasteiger partial charge in [-0.1, -0.05) is 104 Å². The highest BCUT2D eigenvalue weighted by molar-refractivity contribution is 14.1. The van der Waals surface area contributed by atoms with Crippen molar-refractivity contribution in [3.63, 3.8) is 0 Å². The second-order valence-corrected chi connectivity index (χ2v) is 8.39.